The van der Waals surface area contributed by atoms with E-state index in [0.717, 1.165) is 32.1 Å². The Hall–Kier alpha value is -1.62. The van der Waals surface area contributed by atoms with Gasteiger partial charge in [0.2, 0.25) is 5.78 Å². The number of ketones is 1. The molecule has 0 fully saturated rings. The number of hydrogen-bond acceptors (Lipinski definition) is 4. The summed E-state index contributed by atoms with van der Waals surface area (Å²) in [6.07, 6.45) is 13.4. The third-order valence-electron chi connectivity index (χ3n) is 4.95. The van der Waals surface area contributed by atoms with Gasteiger partial charge in [0.05, 0.1) is 5.03 Å². The number of halogens is 1. The highest BCUT2D eigenvalue weighted by molar-refractivity contribution is 6.46. The molecule has 0 aromatic rings. The molecule has 5 nitrogen and oxygen atoms in total. The van der Waals surface area contributed by atoms with Gasteiger partial charge in [-0.05, 0) is 38.2 Å². The van der Waals surface area contributed by atoms with Gasteiger partial charge in [0.25, 0.3) is 0 Å². The van der Waals surface area contributed by atoms with Crippen LogP contribution < -0.4 is 0 Å². The molecule has 0 aromatic carbocycles. The molecule has 0 saturated heterocycles. The number of ether oxygens (including phenoxy) is 1. The number of carboxylic acids is 1. The normalized spacial score (nSPS) is 20.5. The molecule has 0 heterocycles. The topological polar surface area (TPSA) is 80.7 Å². The van der Waals surface area contributed by atoms with Crippen LogP contribution in [-0.2, 0) is 19.1 Å². The Bertz CT molecular complexity index is 608. The number of aliphatic carboxylic acids is 1. The fraction of sp³-hybridized carbons (Fsp3) is 0.682. The molecule has 6 heteroatoms. The van der Waals surface area contributed by atoms with Crippen LogP contribution in [0, 0.1) is 0 Å². The van der Waals surface area contributed by atoms with Crippen molar-refractivity contribution in [3.63, 3.8) is 0 Å². The number of carbonyl (C=O) groups is 3. The molecule has 1 N–H and O–H groups in total. The number of esters is 1. The van der Waals surface area contributed by atoms with Gasteiger partial charge >= 0.3 is 11.9 Å². The minimum Gasteiger partial charge on any atom is -0.481 e. The number of rotatable bonds is 14. The lowest BCUT2D eigenvalue weighted by molar-refractivity contribution is -0.150. The van der Waals surface area contributed by atoms with Crippen LogP contribution in [0.25, 0.3) is 0 Å². The zero-order valence-electron chi connectivity index (χ0n) is 17.1. The largest absolute Gasteiger partial charge is 0.481 e. The maximum atomic E-state index is 12.5. The van der Waals surface area contributed by atoms with Crippen molar-refractivity contribution in [2.75, 3.05) is 0 Å². The molecule has 0 aliphatic heterocycles. The van der Waals surface area contributed by atoms with E-state index in [0.29, 0.717) is 24.8 Å². The molecule has 0 amide bonds. The highest BCUT2D eigenvalue weighted by Gasteiger charge is 2.45. The molecule has 28 heavy (non-hydrogen) atoms. The monoisotopic (exact) mass is 412 g/mol. The van der Waals surface area contributed by atoms with Crippen molar-refractivity contribution in [2.45, 2.75) is 96.5 Å². The van der Waals surface area contributed by atoms with E-state index in [1.54, 1.807) is 6.08 Å². The molecular weight excluding hydrogens is 380 g/mol. The van der Waals surface area contributed by atoms with Crippen LogP contribution in [0.4, 0.5) is 0 Å². The van der Waals surface area contributed by atoms with Crippen LogP contribution >= 0.6 is 11.6 Å². The van der Waals surface area contributed by atoms with E-state index in [9.17, 15) is 14.4 Å². The van der Waals surface area contributed by atoms with Gasteiger partial charge in [-0.2, -0.15) is 0 Å². The first-order valence-corrected chi connectivity index (χ1v) is 10.7. The maximum absolute atomic E-state index is 12.5. The standard InChI is InChI=1S/C22H33ClO5/c1-3-4-5-6-9-12-15-22(28-17(2)24)16-19(23)21(27)18(22)13-10-7-8-11-14-20(25)26/h13,16H,3-12,14-15H2,1-2H3,(H,25,26)/b18-13+. The molecule has 0 saturated carbocycles. The number of unbranched alkanes of at least 4 members (excludes halogenated alkanes) is 8. The summed E-state index contributed by atoms with van der Waals surface area (Å²) in [4.78, 5) is 34.8. The Balaban J connectivity index is 2.75. The van der Waals surface area contributed by atoms with Gasteiger partial charge in [0, 0.05) is 18.9 Å². The van der Waals surface area contributed by atoms with Crippen LogP contribution in [0.2, 0.25) is 0 Å². The van der Waals surface area contributed by atoms with Crippen LogP contribution in [0.15, 0.2) is 22.8 Å². The predicted octanol–water partition coefficient (Wildman–Crippen LogP) is 5.71. The zero-order chi connectivity index (χ0) is 21.0. The molecule has 0 spiro atoms. The SMILES string of the molecule is CCCCCCCCC1(OC(C)=O)C=C(Cl)C(=O)/C1=C\CCCCCC(=O)O. The van der Waals surface area contributed by atoms with Crippen molar-refractivity contribution >= 4 is 29.3 Å². The van der Waals surface area contributed by atoms with Crippen LogP contribution in [0.5, 0.6) is 0 Å². The van der Waals surface area contributed by atoms with E-state index in [-0.39, 0.29) is 17.2 Å². The molecule has 1 unspecified atom stereocenters. The fourth-order valence-corrected chi connectivity index (χ4v) is 3.82. The number of hydrogen-bond donors (Lipinski definition) is 1. The molecule has 0 aromatic heterocycles. The molecule has 0 bridgehead atoms. The van der Waals surface area contributed by atoms with Crippen LogP contribution in [0.3, 0.4) is 0 Å². The summed E-state index contributed by atoms with van der Waals surface area (Å²) < 4.78 is 5.62. The Morgan fingerprint density at radius 1 is 1.11 bits per heavy atom. The van der Waals surface area contributed by atoms with Gasteiger partial charge in [0.15, 0.2) is 5.60 Å². The van der Waals surface area contributed by atoms with E-state index >= 15 is 0 Å². The summed E-state index contributed by atoms with van der Waals surface area (Å²) in [6, 6.07) is 0. The molecule has 1 atom stereocenters. The number of allylic oxidation sites excluding steroid dienone is 2. The lowest BCUT2D eigenvalue weighted by atomic mass is 9.88. The van der Waals surface area contributed by atoms with E-state index in [1.807, 2.05) is 6.08 Å². The summed E-state index contributed by atoms with van der Waals surface area (Å²) in [7, 11) is 0. The molecule has 158 valence electrons. The lowest BCUT2D eigenvalue weighted by Crippen LogP contribution is -2.34. The second-order valence-electron chi connectivity index (χ2n) is 7.43. The third kappa shape index (κ3) is 8.17. The average Bonchev–Trinajstić information content (AvgIpc) is 2.84. The Kier molecular flexibility index (Phi) is 11.1. The second kappa shape index (κ2) is 12.8. The summed E-state index contributed by atoms with van der Waals surface area (Å²) >= 11 is 6.12. The number of carboxylic acid groups (broad SMARTS) is 1. The third-order valence-corrected chi connectivity index (χ3v) is 5.23. The molecule has 1 aliphatic rings. The van der Waals surface area contributed by atoms with Crippen molar-refractivity contribution < 1.29 is 24.2 Å². The van der Waals surface area contributed by atoms with Crippen LogP contribution in [0.1, 0.15) is 90.9 Å². The first-order chi connectivity index (χ1) is 13.3. The fourth-order valence-electron chi connectivity index (χ4n) is 3.54. The Morgan fingerprint density at radius 3 is 2.39 bits per heavy atom. The van der Waals surface area contributed by atoms with Gasteiger partial charge in [-0.25, -0.2) is 0 Å². The van der Waals surface area contributed by atoms with Crippen molar-refractivity contribution in [3.05, 3.63) is 22.8 Å². The lowest BCUT2D eigenvalue weighted by Gasteiger charge is -2.28. The summed E-state index contributed by atoms with van der Waals surface area (Å²) in [5.41, 5.74) is -0.620. The minimum absolute atomic E-state index is 0.101. The van der Waals surface area contributed by atoms with Gasteiger partial charge < -0.3 is 9.84 Å². The highest BCUT2D eigenvalue weighted by atomic mass is 35.5. The number of carbonyl (C=O) groups excluding carboxylic acids is 2. The molecular formula is C22H33ClO5. The van der Waals surface area contributed by atoms with Gasteiger partial charge in [-0.15, -0.1) is 0 Å². The van der Waals surface area contributed by atoms with E-state index in [1.165, 1.54) is 26.2 Å². The smallest absolute Gasteiger partial charge is 0.303 e. The molecule has 1 aliphatic carbocycles. The Morgan fingerprint density at radius 2 is 1.75 bits per heavy atom. The van der Waals surface area contributed by atoms with Gasteiger partial charge in [0.1, 0.15) is 0 Å². The van der Waals surface area contributed by atoms with E-state index in [2.05, 4.69) is 6.92 Å². The zero-order valence-corrected chi connectivity index (χ0v) is 17.9. The number of Topliss-reactive ketones (excluding diaryl/α,β-unsaturated/α-hetero) is 1. The summed E-state index contributed by atoms with van der Waals surface area (Å²) in [6.45, 7) is 3.52. The van der Waals surface area contributed by atoms with Crippen molar-refractivity contribution in [1.29, 1.82) is 0 Å². The second-order valence-corrected chi connectivity index (χ2v) is 7.84. The predicted molar refractivity (Wildman–Crippen MR) is 110 cm³/mol. The van der Waals surface area contributed by atoms with E-state index in [4.69, 9.17) is 21.4 Å². The van der Waals surface area contributed by atoms with Gasteiger partial charge in [-0.1, -0.05) is 63.1 Å². The quantitative estimate of drug-likeness (QED) is 0.224. The first-order valence-electron chi connectivity index (χ1n) is 10.4. The average molecular weight is 413 g/mol. The van der Waals surface area contributed by atoms with Crippen molar-refractivity contribution in [1.82, 2.24) is 0 Å². The first kappa shape index (κ1) is 24.4. The highest BCUT2D eigenvalue weighted by Crippen LogP contribution is 2.40. The summed E-state index contributed by atoms with van der Waals surface area (Å²) in [5, 5.41) is 8.78. The molecule has 0 radical (unpaired) electrons. The summed E-state index contributed by atoms with van der Waals surface area (Å²) in [5.74, 6) is -1.51. The molecule has 1 rings (SSSR count). The maximum Gasteiger partial charge on any atom is 0.303 e. The van der Waals surface area contributed by atoms with Gasteiger partial charge in [-0.3, -0.25) is 14.4 Å². The van der Waals surface area contributed by atoms with E-state index < -0.39 is 17.5 Å². The van der Waals surface area contributed by atoms with Crippen molar-refractivity contribution in [2.24, 2.45) is 0 Å². The Labute approximate surface area is 173 Å². The van der Waals surface area contributed by atoms with Crippen molar-refractivity contribution in [3.8, 4) is 0 Å². The van der Waals surface area contributed by atoms with Crippen LogP contribution in [-0.4, -0.2) is 28.4 Å². The minimum atomic E-state index is -1.06.